The predicted octanol–water partition coefficient (Wildman–Crippen LogP) is 1.49. The van der Waals surface area contributed by atoms with Gasteiger partial charge in [0.25, 0.3) is 0 Å². The van der Waals surface area contributed by atoms with E-state index < -0.39 is 28.0 Å². The molecule has 0 spiro atoms. The molecule has 2 fully saturated rings. The molecule has 22 heavy (non-hydrogen) atoms. The summed E-state index contributed by atoms with van der Waals surface area (Å²) in [5.74, 6) is -1.57. The lowest BCUT2D eigenvalue weighted by atomic mass is 9.89. The minimum Gasteiger partial charge on any atom is -0.481 e. The fourth-order valence-corrected chi connectivity index (χ4v) is 5.81. The number of aliphatic carboxylic acids is 1. The molecule has 2 saturated heterocycles. The Bertz CT molecular complexity index is 781. The third-order valence-electron chi connectivity index (χ3n) is 4.66. The standard InChI is InChI=1S/C15H16N2O4S/c1-9-2-3-10(8-16)6-14(9)22(20,21)17-11-4-5-13(17)12(7-11)15(18)19/h2-3,6,11-13H,4-5,7H2,1H3,(H,18,19). The van der Waals surface area contributed by atoms with Crippen LogP contribution in [0.4, 0.5) is 0 Å². The first-order chi connectivity index (χ1) is 10.4. The van der Waals surface area contributed by atoms with Crippen LogP contribution in [0.1, 0.15) is 30.4 Å². The van der Waals surface area contributed by atoms with Crippen LogP contribution in [0.3, 0.4) is 0 Å². The molecule has 7 heteroatoms. The number of fused-ring (bicyclic) bond motifs is 2. The molecular formula is C15H16N2O4S. The molecule has 1 aromatic carbocycles. The molecule has 1 N–H and O–H groups in total. The van der Waals surface area contributed by atoms with Crippen molar-refractivity contribution in [2.45, 2.75) is 43.2 Å². The molecule has 3 rings (SSSR count). The normalized spacial score (nSPS) is 27.7. The molecule has 0 saturated carbocycles. The maximum absolute atomic E-state index is 13.0. The van der Waals surface area contributed by atoms with E-state index in [2.05, 4.69) is 0 Å². The number of carboxylic acids is 1. The number of carbonyl (C=O) groups is 1. The number of hydrogen-bond acceptors (Lipinski definition) is 4. The van der Waals surface area contributed by atoms with Gasteiger partial charge in [-0.25, -0.2) is 8.42 Å². The van der Waals surface area contributed by atoms with Crippen molar-refractivity contribution in [1.29, 1.82) is 5.26 Å². The molecule has 2 aliphatic heterocycles. The van der Waals surface area contributed by atoms with Gasteiger partial charge in [0.15, 0.2) is 0 Å². The van der Waals surface area contributed by atoms with Crippen LogP contribution in [0.2, 0.25) is 0 Å². The van der Waals surface area contributed by atoms with Gasteiger partial charge < -0.3 is 5.11 Å². The van der Waals surface area contributed by atoms with E-state index in [1.807, 2.05) is 6.07 Å². The molecule has 0 aliphatic carbocycles. The molecule has 6 nitrogen and oxygen atoms in total. The van der Waals surface area contributed by atoms with Crippen molar-refractivity contribution in [2.24, 2.45) is 5.92 Å². The summed E-state index contributed by atoms with van der Waals surface area (Å²) >= 11 is 0. The Morgan fingerprint density at radius 2 is 2.14 bits per heavy atom. The zero-order valence-corrected chi connectivity index (χ0v) is 12.9. The van der Waals surface area contributed by atoms with Crippen molar-refractivity contribution in [3.05, 3.63) is 29.3 Å². The van der Waals surface area contributed by atoms with Crippen LogP contribution in [0, 0.1) is 24.2 Å². The molecule has 0 radical (unpaired) electrons. The topological polar surface area (TPSA) is 98.5 Å². The molecule has 116 valence electrons. The second kappa shape index (κ2) is 5.07. The van der Waals surface area contributed by atoms with Crippen molar-refractivity contribution in [3.63, 3.8) is 0 Å². The van der Waals surface area contributed by atoms with Gasteiger partial charge in [0.2, 0.25) is 10.0 Å². The van der Waals surface area contributed by atoms with Gasteiger partial charge in [-0.05, 0) is 43.9 Å². The molecule has 3 atom stereocenters. The van der Waals surface area contributed by atoms with Gasteiger partial charge in [0.05, 0.1) is 22.4 Å². The lowest BCUT2D eigenvalue weighted by molar-refractivity contribution is -0.142. The summed E-state index contributed by atoms with van der Waals surface area (Å²) in [5.41, 5.74) is 0.850. The van der Waals surface area contributed by atoms with Crippen LogP contribution >= 0.6 is 0 Å². The first-order valence-electron chi connectivity index (χ1n) is 7.13. The van der Waals surface area contributed by atoms with E-state index in [0.717, 1.165) is 0 Å². The van der Waals surface area contributed by atoms with E-state index in [1.54, 1.807) is 19.1 Å². The Kier molecular flexibility index (Phi) is 3.46. The lowest BCUT2D eigenvalue weighted by Crippen LogP contribution is -2.38. The number of benzene rings is 1. The van der Waals surface area contributed by atoms with Gasteiger partial charge in [-0.3, -0.25) is 4.79 Å². The van der Waals surface area contributed by atoms with Gasteiger partial charge in [-0.1, -0.05) is 6.07 Å². The number of nitriles is 1. The summed E-state index contributed by atoms with van der Waals surface area (Å²) < 4.78 is 27.3. The van der Waals surface area contributed by atoms with E-state index in [0.29, 0.717) is 24.8 Å². The van der Waals surface area contributed by atoms with Crippen LogP contribution < -0.4 is 0 Å². The highest BCUT2D eigenvalue weighted by molar-refractivity contribution is 7.89. The van der Waals surface area contributed by atoms with Crippen molar-refractivity contribution in [1.82, 2.24) is 4.31 Å². The third-order valence-corrected chi connectivity index (χ3v) is 6.78. The third kappa shape index (κ3) is 2.11. The first kappa shape index (κ1) is 15.0. The average Bonchev–Trinajstić information content (AvgIpc) is 3.06. The Morgan fingerprint density at radius 1 is 1.41 bits per heavy atom. The van der Waals surface area contributed by atoms with Crippen molar-refractivity contribution in [2.75, 3.05) is 0 Å². The van der Waals surface area contributed by atoms with Crippen molar-refractivity contribution >= 4 is 16.0 Å². The van der Waals surface area contributed by atoms with Crippen LogP contribution in [0.5, 0.6) is 0 Å². The zero-order valence-electron chi connectivity index (χ0n) is 12.1. The van der Waals surface area contributed by atoms with Crippen LogP contribution in [-0.4, -0.2) is 35.9 Å². The molecular weight excluding hydrogens is 304 g/mol. The summed E-state index contributed by atoms with van der Waals surface area (Å²) in [6.07, 6.45) is 1.65. The fourth-order valence-electron chi connectivity index (χ4n) is 3.64. The maximum Gasteiger partial charge on any atom is 0.308 e. The lowest BCUT2D eigenvalue weighted by Gasteiger charge is -2.23. The molecule has 2 heterocycles. The van der Waals surface area contributed by atoms with Gasteiger partial charge in [-0.15, -0.1) is 0 Å². The second-order valence-corrected chi connectivity index (χ2v) is 7.72. The van der Waals surface area contributed by atoms with E-state index >= 15 is 0 Å². The van der Waals surface area contributed by atoms with Gasteiger partial charge in [-0.2, -0.15) is 9.57 Å². The molecule has 3 unspecified atom stereocenters. The monoisotopic (exact) mass is 320 g/mol. The number of sulfonamides is 1. The average molecular weight is 320 g/mol. The Balaban J connectivity index is 2.05. The fraction of sp³-hybridized carbons (Fsp3) is 0.467. The smallest absolute Gasteiger partial charge is 0.308 e. The second-order valence-electron chi connectivity index (χ2n) is 5.91. The number of rotatable bonds is 3. The SMILES string of the molecule is Cc1ccc(C#N)cc1S(=O)(=O)N1C2CCC1C(C(=O)O)C2. The number of nitrogens with zero attached hydrogens (tertiary/aromatic N) is 2. The molecule has 0 amide bonds. The predicted molar refractivity (Wildman–Crippen MR) is 77.5 cm³/mol. The minimum absolute atomic E-state index is 0.106. The Hall–Kier alpha value is -1.91. The summed E-state index contributed by atoms with van der Waals surface area (Å²) in [5, 5.41) is 18.2. The van der Waals surface area contributed by atoms with E-state index in [-0.39, 0.29) is 16.5 Å². The molecule has 0 aromatic heterocycles. The maximum atomic E-state index is 13.0. The minimum atomic E-state index is -3.79. The summed E-state index contributed by atoms with van der Waals surface area (Å²) in [4.78, 5) is 11.4. The van der Waals surface area contributed by atoms with Gasteiger partial charge in [0, 0.05) is 12.1 Å². The highest BCUT2D eigenvalue weighted by atomic mass is 32.2. The zero-order chi connectivity index (χ0) is 16.1. The highest BCUT2D eigenvalue weighted by Gasteiger charge is 2.54. The Morgan fingerprint density at radius 3 is 2.73 bits per heavy atom. The summed E-state index contributed by atoms with van der Waals surface area (Å²) in [6.45, 7) is 1.68. The Labute approximate surface area is 129 Å². The largest absolute Gasteiger partial charge is 0.481 e. The molecule has 2 bridgehead atoms. The number of carboxylic acid groups (broad SMARTS) is 1. The van der Waals surface area contributed by atoms with E-state index in [4.69, 9.17) is 5.26 Å². The molecule has 2 aliphatic rings. The van der Waals surface area contributed by atoms with Crippen LogP contribution in [0.25, 0.3) is 0 Å². The van der Waals surface area contributed by atoms with Crippen LogP contribution in [-0.2, 0) is 14.8 Å². The van der Waals surface area contributed by atoms with Crippen molar-refractivity contribution < 1.29 is 18.3 Å². The van der Waals surface area contributed by atoms with Crippen molar-refractivity contribution in [3.8, 4) is 6.07 Å². The number of aryl methyl sites for hydroxylation is 1. The summed E-state index contributed by atoms with van der Waals surface area (Å²) in [7, 11) is -3.79. The highest BCUT2D eigenvalue weighted by Crippen LogP contribution is 2.45. The van der Waals surface area contributed by atoms with Gasteiger partial charge >= 0.3 is 5.97 Å². The number of hydrogen-bond donors (Lipinski definition) is 1. The van der Waals surface area contributed by atoms with E-state index in [9.17, 15) is 18.3 Å². The summed E-state index contributed by atoms with van der Waals surface area (Å²) in [6, 6.07) is 5.78. The molecule has 1 aromatic rings. The first-order valence-corrected chi connectivity index (χ1v) is 8.57. The van der Waals surface area contributed by atoms with Gasteiger partial charge in [0.1, 0.15) is 0 Å². The quantitative estimate of drug-likeness (QED) is 0.910. The van der Waals surface area contributed by atoms with E-state index in [1.165, 1.54) is 10.4 Å². The van der Waals surface area contributed by atoms with Crippen LogP contribution in [0.15, 0.2) is 23.1 Å².